The minimum Gasteiger partial charge on any atom is -0.312 e. The van der Waals surface area contributed by atoms with Crippen LogP contribution in [0.3, 0.4) is 0 Å². The van der Waals surface area contributed by atoms with Crippen LogP contribution in [0.15, 0.2) is 24.3 Å². The minimum absolute atomic E-state index is 0.215. The fourth-order valence-corrected chi connectivity index (χ4v) is 2.82. The number of nitrogens with one attached hydrogen (secondary N) is 1. The number of rotatable bonds is 5. The van der Waals surface area contributed by atoms with Crippen LogP contribution in [-0.2, 0) is 13.0 Å². The molecule has 0 spiro atoms. The van der Waals surface area contributed by atoms with E-state index >= 15 is 0 Å². The van der Waals surface area contributed by atoms with Gasteiger partial charge in [0.25, 0.3) is 0 Å². The summed E-state index contributed by atoms with van der Waals surface area (Å²) in [5.74, 6) is 0.873. The fraction of sp³-hybridized carbons (Fsp3) is 0.667. The molecule has 2 heteroatoms. The highest BCUT2D eigenvalue weighted by atomic mass is 15.1. The third-order valence-electron chi connectivity index (χ3n) is 4.01. The summed E-state index contributed by atoms with van der Waals surface area (Å²) in [6, 6.07) is 9.18. The minimum atomic E-state index is 0.215. The largest absolute Gasteiger partial charge is 0.312 e. The van der Waals surface area contributed by atoms with Crippen molar-refractivity contribution in [2.45, 2.75) is 52.6 Å². The summed E-state index contributed by atoms with van der Waals surface area (Å²) in [4.78, 5) is 2.57. The monoisotopic (exact) mass is 274 g/mol. The van der Waals surface area contributed by atoms with Gasteiger partial charge >= 0.3 is 0 Å². The molecule has 0 amide bonds. The second-order valence-electron chi connectivity index (χ2n) is 7.37. The zero-order valence-electron chi connectivity index (χ0n) is 13.6. The van der Waals surface area contributed by atoms with Gasteiger partial charge in [-0.1, -0.05) is 31.2 Å². The maximum atomic E-state index is 3.54. The number of hydrogen-bond donors (Lipinski definition) is 1. The maximum absolute atomic E-state index is 3.54. The first-order valence-corrected chi connectivity index (χ1v) is 7.97. The topological polar surface area (TPSA) is 15.3 Å². The highest BCUT2D eigenvalue weighted by Crippen LogP contribution is 2.18. The predicted octanol–water partition coefficient (Wildman–Crippen LogP) is 3.46. The van der Waals surface area contributed by atoms with Crippen LogP contribution in [0, 0.1) is 5.92 Å². The van der Waals surface area contributed by atoms with Crippen molar-refractivity contribution in [3.05, 3.63) is 35.4 Å². The van der Waals surface area contributed by atoms with Gasteiger partial charge in [-0.15, -0.1) is 0 Å². The summed E-state index contributed by atoms with van der Waals surface area (Å²) >= 11 is 0. The van der Waals surface area contributed by atoms with E-state index in [9.17, 15) is 0 Å². The van der Waals surface area contributed by atoms with Gasteiger partial charge in [-0.25, -0.2) is 0 Å². The van der Waals surface area contributed by atoms with Crippen LogP contribution in [0.25, 0.3) is 0 Å². The first-order chi connectivity index (χ1) is 9.42. The molecule has 0 aliphatic carbocycles. The van der Waals surface area contributed by atoms with Gasteiger partial charge in [-0.2, -0.15) is 0 Å². The molecular formula is C18H30N2. The van der Waals surface area contributed by atoms with Crippen molar-refractivity contribution in [1.82, 2.24) is 10.2 Å². The Morgan fingerprint density at radius 3 is 2.35 bits per heavy atom. The van der Waals surface area contributed by atoms with Crippen LogP contribution in [-0.4, -0.2) is 30.1 Å². The quantitative estimate of drug-likeness (QED) is 0.884. The van der Waals surface area contributed by atoms with E-state index in [0.29, 0.717) is 0 Å². The molecule has 1 aliphatic rings. The van der Waals surface area contributed by atoms with E-state index in [0.717, 1.165) is 25.4 Å². The number of hydrogen-bond acceptors (Lipinski definition) is 2. The lowest BCUT2D eigenvalue weighted by Crippen LogP contribution is -2.37. The number of benzene rings is 1. The Morgan fingerprint density at radius 2 is 1.80 bits per heavy atom. The van der Waals surface area contributed by atoms with Gasteiger partial charge in [-0.3, -0.25) is 4.90 Å². The fourth-order valence-electron chi connectivity index (χ4n) is 2.82. The van der Waals surface area contributed by atoms with Crippen molar-refractivity contribution in [2.75, 3.05) is 19.6 Å². The Kier molecular flexibility index (Phi) is 5.22. The standard InChI is InChI=1S/C18H30N2/c1-15-10-12-20(13-15)14-17-7-5-16(6-8-17)9-11-19-18(2,3)4/h5-8,15,19H,9-14H2,1-4H3. The maximum Gasteiger partial charge on any atom is 0.0233 e. The molecule has 0 saturated carbocycles. The molecule has 1 atom stereocenters. The molecule has 20 heavy (non-hydrogen) atoms. The molecule has 0 radical (unpaired) electrons. The molecule has 1 aliphatic heterocycles. The van der Waals surface area contributed by atoms with Crippen LogP contribution in [0.2, 0.25) is 0 Å². The molecular weight excluding hydrogens is 244 g/mol. The molecule has 0 bridgehead atoms. The Bertz CT molecular complexity index is 402. The summed E-state index contributed by atoms with van der Waals surface area (Å²) in [5.41, 5.74) is 3.10. The Balaban J connectivity index is 1.78. The first-order valence-electron chi connectivity index (χ1n) is 7.97. The van der Waals surface area contributed by atoms with E-state index in [1.807, 2.05) is 0 Å². The van der Waals surface area contributed by atoms with E-state index in [1.165, 1.54) is 30.6 Å². The van der Waals surface area contributed by atoms with Crippen molar-refractivity contribution in [3.63, 3.8) is 0 Å². The smallest absolute Gasteiger partial charge is 0.0233 e. The van der Waals surface area contributed by atoms with Gasteiger partial charge in [-0.05, 0) is 63.7 Å². The van der Waals surface area contributed by atoms with Crippen molar-refractivity contribution in [1.29, 1.82) is 0 Å². The van der Waals surface area contributed by atoms with Crippen molar-refractivity contribution in [3.8, 4) is 0 Å². The highest BCUT2D eigenvalue weighted by molar-refractivity contribution is 5.23. The van der Waals surface area contributed by atoms with E-state index in [2.05, 4.69) is 62.2 Å². The second-order valence-corrected chi connectivity index (χ2v) is 7.37. The summed E-state index contributed by atoms with van der Waals surface area (Å²) in [6.07, 6.45) is 2.47. The Labute approximate surface area is 124 Å². The van der Waals surface area contributed by atoms with E-state index in [-0.39, 0.29) is 5.54 Å². The highest BCUT2D eigenvalue weighted by Gasteiger charge is 2.18. The molecule has 112 valence electrons. The molecule has 2 nitrogen and oxygen atoms in total. The molecule has 1 heterocycles. The summed E-state index contributed by atoms with van der Waals surface area (Å²) in [5, 5.41) is 3.54. The zero-order chi connectivity index (χ0) is 14.6. The molecule has 1 N–H and O–H groups in total. The molecule has 1 aromatic rings. The van der Waals surface area contributed by atoms with Crippen molar-refractivity contribution >= 4 is 0 Å². The average molecular weight is 274 g/mol. The molecule has 1 unspecified atom stereocenters. The summed E-state index contributed by atoms with van der Waals surface area (Å²) in [6.45, 7) is 13.7. The molecule has 1 aromatic carbocycles. The zero-order valence-corrected chi connectivity index (χ0v) is 13.6. The van der Waals surface area contributed by atoms with Crippen molar-refractivity contribution < 1.29 is 0 Å². The Hall–Kier alpha value is -0.860. The van der Waals surface area contributed by atoms with Crippen LogP contribution in [0.5, 0.6) is 0 Å². The lowest BCUT2D eigenvalue weighted by molar-refractivity contribution is 0.320. The van der Waals surface area contributed by atoms with E-state index < -0.39 is 0 Å². The molecule has 1 saturated heterocycles. The first kappa shape index (κ1) is 15.5. The Morgan fingerprint density at radius 1 is 1.15 bits per heavy atom. The summed E-state index contributed by atoms with van der Waals surface area (Å²) in [7, 11) is 0. The lowest BCUT2D eigenvalue weighted by atomic mass is 10.1. The summed E-state index contributed by atoms with van der Waals surface area (Å²) < 4.78 is 0. The SMILES string of the molecule is CC1CCN(Cc2ccc(CCNC(C)(C)C)cc2)C1. The molecule has 1 fully saturated rings. The van der Waals surface area contributed by atoms with Crippen LogP contribution < -0.4 is 5.32 Å². The van der Waals surface area contributed by atoms with Gasteiger partial charge in [0.1, 0.15) is 0 Å². The molecule has 0 aromatic heterocycles. The van der Waals surface area contributed by atoms with Crippen LogP contribution in [0.1, 0.15) is 45.2 Å². The number of likely N-dealkylation sites (tertiary alicyclic amines) is 1. The van der Waals surface area contributed by atoms with Gasteiger partial charge in [0.15, 0.2) is 0 Å². The molecule has 2 rings (SSSR count). The van der Waals surface area contributed by atoms with E-state index in [4.69, 9.17) is 0 Å². The van der Waals surface area contributed by atoms with Gasteiger partial charge in [0.2, 0.25) is 0 Å². The van der Waals surface area contributed by atoms with Gasteiger partial charge < -0.3 is 5.32 Å². The predicted molar refractivity (Wildman–Crippen MR) is 87.0 cm³/mol. The number of nitrogens with zero attached hydrogens (tertiary/aromatic N) is 1. The van der Waals surface area contributed by atoms with Crippen molar-refractivity contribution in [2.24, 2.45) is 5.92 Å². The van der Waals surface area contributed by atoms with E-state index in [1.54, 1.807) is 0 Å². The lowest BCUT2D eigenvalue weighted by Gasteiger charge is -2.20. The second kappa shape index (κ2) is 6.73. The van der Waals surface area contributed by atoms with Crippen LogP contribution >= 0.6 is 0 Å². The van der Waals surface area contributed by atoms with Gasteiger partial charge in [0, 0.05) is 18.6 Å². The van der Waals surface area contributed by atoms with Crippen LogP contribution in [0.4, 0.5) is 0 Å². The van der Waals surface area contributed by atoms with Gasteiger partial charge in [0.05, 0.1) is 0 Å². The third kappa shape index (κ3) is 5.26. The normalized spacial score (nSPS) is 20.5. The average Bonchev–Trinajstić information content (AvgIpc) is 2.75. The third-order valence-corrected chi connectivity index (χ3v) is 4.01.